The number of rotatable bonds is 5. The first-order valence-corrected chi connectivity index (χ1v) is 12.1. The zero-order valence-electron chi connectivity index (χ0n) is 21.2. The summed E-state index contributed by atoms with van der Waals surface area (Å²) < 4.78 is 33.6. The van der Waals surface area contributed by atoms with Gasteiger partial charge in [0.2, 0.25) is 5.78 Å². The molecule has 0 radical (unpaired) electrons. The summed E-state index contributed by atoms with van der Waals surface area (Å²) in [6, 6.07) is 13.3. The summed E-state index contributed by atoms with van der Waals surface area (Å²) in [5, 5.41) is 0.390. The number of para-hydroxylation sites is 1. The van der Waals surface area contributed by atoms with Crippen LogP contribution in [0.4, 0.5) is 0 Å². The summed E-state index contributed by atoms with van der Waals surface area (Å²) in [6.07, 6.45) is 2.79. The molecule has 196 valence electrons. The normalized spacial score (nSPS) is 16.9. The smallest absolute Gasteiger partial charge is 0.312 e. The number of allylic oxidation sites excluding steroid dienone is 1. The minimum absolute atomic E-state index is 0.0325. The Kier molecular flexibility index (Phi) is 5.83. The summed E-state index contributed by atoms with van der Waals surface area (Å²) in [5.74, 6) is 0.224. The van der Waals surface area contributed by atoms with Gasteiger partial charge in [0.15, 0.2) is 22.7 Å². The Bertz CT molecular complexity index is 1760. The molecule has 1 aromatic heterocycles. The Morgan fingerprint density at radius 3 is 2.38 bits per heavy atom. The predicted molar refractivity (Wildman–Crippen MR) is 140 cm³/mol. The fourth-order valence-electron chi connectivity index (χ4n) is 5.01. The third-order valence-corrected chi connectivity index (χ3v) is 6.88. The molecule has 9 heteroatoms. The average Bonchev–Trinajstić information content (AvgIpc) is 3.27. The van der Waals surface area contributed by atoms with E-state index in [-0.39, 0.29) is 46.0 Å². The van der Waals surface area contributed by atoms with Gasteiger partial charge in [0.1, 0.15) is 22.8 Å². The van der Waals surface area contributed by atoms with Gasteiger partial charge in [-0.05, 0) is 36.4 Å². The maximum Gasteiger partial charge on any atom is 0.312 e. The van der Waals surface area contributed by atoms with Crippen LogP contribution < -0.4 is 29.1 Å². The maximum absolute atomic E-state index is 13.4. The second-order valence-corrected chi connectivity index (χ2v) is 8.99. The lowest BCUT2D eigenvalue weighted by molar-refractivity contribution is -0.135. The van der Waals surface area contributed by atoms with Crippen molar-refractivity contribution < 1.29 is 37.7 Å². The van der Waals surface area contributed by atoms with E-state index in [0.717, 1.165) is 0 Å². The zero-order valence-corrected chi connectivity index (χ0v) is 21.2. The van der Waals surface area contributed by atoms with Crippen molar-refractivity contribution in [1.82, 2.24) is 0 Å². The predicted octanol–water partition coefficient (Wildman–Crippen LogP) is 4.88. The fraction of sp³-hybridized carbons (Fsp3) is 0.167. The Hall–Kier alpha value is -5.05. The summed E-state index contributed by atoms with van der Waals surface area (Å²) >= 11 is 0. The van der Waals surface area contributed by atoms with E-state index in [9.17, 15) is 14.4 Å². The van der Waals surface area contributed by atoms with Gasteiger partial charge >= 0.3 is 5.97 Å². The van der Waals surface area contributed by atoms with Gasteiger partial charge in [-0.3, -0.25) is 14.4 Å². The van der Waals surface area contributed by atoms with Crippen molar-refractivity contribution in [3.63, 3.8) is 0 Å². The maximum atomic E-state index is 13.4. The number of esters is 1. The molecule has 2 aliphatic heterocycles. The molecule has 0 fully saturated rings. The van der Waals surface area contributed by atoms with E-state index < -0.39 is 11.9 Å². The van der Waals surface area contributed by atoms with Crippen LogP contribution in [-0.4, -0.2) is 33.1 Å². The Morgan fingerprint density at radius 1 is 0.872 bits per heavy atom. The van der Waals surface area contributed by atoms with Crippen LogP contribution in [0.3, 0.4) is 0 Å². The highest BCUT2D eigenvalue weighted by atomic mass is 16.5. The SMILES string of the molecule is COc1cc(OC)c(OC)cc1C=C1Oc2c(ccc3c2C(c2coc4ccccc4c2=O)CC(=O)O3)C1=O. The van der Waals surface area contributed by atoms with Crippen LogP contribution in [0.2, 0.25) is 0 Å². The van der Waals surface area contributed by atoms with Gasteiger partial charge in [-0.25, -0.2) is 0 Å². The lowest BCUT2D eigenvalue weighted by Gasteiger charge is -2.25. The lowest BCUT2D eigenvalue weighted by Crippen LogP contribution is -2.25. The number of fused-ring (bicyclic) bond motifs is 4. The third-order valence-electron chi connectivity index (χ3n) is 6.88. The van der Waals surface area contributed by atoms with E-state index in [1.807, 2.05) is 0 Å². The molecule has 3 aromatic carbocycles. The van der Waals surface area contributed by atoms with Crippen LogP contribution >= 0.6 is 0 Å². The topological polar surface area (TPSA) is 110 Å². The largest absolute Gasteiger partial charge is 0.496 e. The van der Waals surface area contributed by atoms with Crippen LogP contribution in [0.15, 0.2) is 69.8 Å². The van der Waals surface area contributed by atoms with Gasteiger partial charge < -0.3 is 28.1 Å². The Morgan fingerprint density at radius 2 is 1.62 bits per heavy atom. The lowest BCUT2D eigenvalue weighted by atomic mass is 9.85. The monoisotopic (exact) mass is 526 g/mol. The highest BCUT2D eigenvalue weighted by Gasteiger charge is 2.39. The first kappa shape index (κ1) is 24.3. The summed E-state index contributed by atoms with van der Waals surface area (Å²) in [7, 11) is 4.52. The number of hydrogen-bond donors (Lipinski definition) is 0. The zero-order chi connectivity index (χ0) is 27.3. The average molecular weight is 526 g/mol. The molecule has 39 heavy (non-hydrogen) atoms. The first-order chi connectivity index (χ1) is 18.9. The number of benzene rings is 3. The van der Waals surface area contributed by atoms with Crippen molar-refractivity contribution >= 4 is 28.8 Å². The van der Waals surface area contributed by atoms with Crippen LogP contribution in [0.1, 0.15) is 39.4 Å². The van der Waals surface area contributed by atoms with Gasteiger partial charge in [-0.2, -0.15) is 0 Å². The minimum Gasteiger partial charge on any atom is -0.496 e. The van der Waals surface area contributed by atoms with E-state index in [0.29, 0.717) is 39.3 Å². The molecule has 0 spiro atoms. The Balaban J connectivity index is 1.48. The van der Waals surface area contributed by atoms with Gasteiger partial charge in [0.25, 0.3) is 0 Å². The summed E-state index contributed by atoms with van der Waals surface area (Å²) in [4.78, 5) is 39.4. The van der Waals surface area contributed by atoms with Crippen molar-refractivity contribution in [2.45, 2.75) is 12.3 Å². The molecule has 4 aromatic rings. The molecule has 0 N–H and O–H groups in total. The fourth-order valence-corrected chi connectivity index (χ4v) is 5.01. The quantitative estimate of drug-likeness (QED) is 0.204. The van der Waals surface area contributed by atoms with Gasteiger partial charge in [-0.1, -0.05) is 12.1 Å². The van der Waals surface area contributed by atoms with Crippen LogP contribution in [-0.2, 0) is 4.79 Å². The van der Waals surface area contributed by atoms with Gasteiger partial charge in [0, 0.05) is 28.7 Å². The second kappa shape index (κ2) is 9.36. The van der Waals surface area contributed by atoms with E-state index >= 15 is 0 Å². The molecule has 0 aliphatic carbocycles. The number of hydrogen-bond acceptors (Lipinski definition) is 9. The number of carbonyl (C=O) groups is 2. The first-order valence-electron chi connectivity index (χ1n) is 12.1. The second-order valence-electron chi connectivity index (χ2n) is 8.99. The van der Waals surface area contributed by atoms with Crippen molar-refractivity contribution in [2.75, 3.05) is 21.3 Å². The molecule has 0 bridgehead atoms. The van der Waals surface area contributed by atoms with Crippen molar-refractivity contribution in [2.24, 2.45) is 0 Å². The molecule has 0 saturated heterocycles. The number of carbonyl (C=O) groups excluding carboxylic acids is 2. The number of Topliss-reactive ketones (excluding diaryl/α,β-unsaturated/α-hetero) is 1. The minimum atomic E-state index is -0.736. The number of ketones is 1. The summed E-state index contributed by atoms with van der Waals surface area (Å²) in [6.45, 7) is 0. The van der Waals surface area contributed by atoms with Crippen LogP contribution in [0.5, 0.6) is 28.7 Å². The molecule has 2 aliphatic rings. The number of methoxy groups -OCH3 is 3. The molecule has 3 heterocycles. The van der Waals surface area contributed by atoms with E-state index in [2.05, 4.69) is 0 Å². The van der Waals surface area contributed by atoms with Crippen molar-refractivity contribution in [3.8, 4) is 28.7 Å². The highest BCUT2D eigenvalue weighted by Crippen LogP contribution is 2.49. The third kappa shape index (κ3) is 3.90. The van der Waals surface area contributed by atoms with E-state index in [1.54, 1.807) is 54.6 Å². The molecule has 0 saturated carbocycles. The van der Waals surface area contributed by atoms with Gasteiger partial charge in [0.05, 0.1) is 45.0 Å². The molecule has 9 nitrogen and oxygen atoms in total. The number of ether oxygens (including phenoxy) is 5. The molecule has 1 atom stereocenters. The Labute approximate surface area is 222 Å². The van der Waals surface area contributed by atoms with Crippen molar-refractivity contribution in [3.05, 3.63) is 93.0 Å². The van der Waals surface area contributed by atoms with E-state index in [1.165, 1.54) is 27.6 Å². The molecular weight excluding hydrogens is 504 g/mol. The summed E-state index contributed by atoms with van der Waals surface area (Å²) in [5.41, 5.74) is 1.69. The molecular formula is C30H22O9. The van der Waals surface area contributed by atoms with Crippen LogP contribution in [0, 0.1) is 0 Å². The molecule has 6 rings (SSSR count). The van der Waals surface area contributed by atoms with Crippen molar-refractivity contribution in [1.29, 1.82) is 0 Å². The van der Waals surface area contributed by atoms with Gasteiger partial charge in [-0.15, -0.1) is 0 Å². The van der Waals surface area contributed by atoms with Crippen LogP contribution in [0.25, 0.3) is 17.0 Å². The molecule has 0 amide bonds. The highest BCUT2D eigenvalue weighted by molar-refractivity contribution is 6.15. The standard InChI is InChI=1S/C30H22O9/c1-34-22-13-24(36-3)23(35-2)10-15(22)11-25-29(33)17-8-9-21-27(30(17)39-25)18(12-26(31)38-21)19-14-37-20-7-5-4-6-16(20)28(19)32/h4-11,13-14,18H,12H2,1-3H3. The van der Waals surface area contributed by atoms with E-state index in [4.69, 9.17) is 28.1 Å². The molecule has 1 unspecified atom stereocenters.